The van der Waals surface area contributed by atoms with Crippen molar-refractivity contribution < 1.29 is 30.0 Å². The zero-order valence-electron chi connectivity index (χ0n) is 15.6. The third kappa shape index (κ3) is 2.53. The number of hydrogen-bond donors (Lipinski definition) is 4. The summed E-state index contributed by atoms with van der Waals surface area (Å²) in [6.07, 6.45) is 5.16. The molecule has 0 heterocycles. The van der Waals surface area contributed by atoms with E-state index in [1.54, 1.807) is 6.08 Å². The van der Waals surface area contributed by atoms with E-state index >= 15 is 0 Å². The van der Waals surface area contributed by atoms with Crippen molar-refractivity contribution in [3.8, 4) is 0 Å². The summed E-state index contributed by atoms with van der Waals surface area (Å²) in [5.74, 6) is -0.508. The van der Waals surface area contributed by atoms with Crippen LogP contribution in [0.5, 0.6) is 0 Å². The number of rotatable bonds is 4. The first kappa shape index (κ1) is 19.2. The molecule has 0 radical (unpaired) electrons. The maximum Gasteiger partial charge on any atom is 0.161 e. The van der Waals surface area contributed by atoms with Crippen molar-refractivity contribution in [2.75, 3.05) is 19.8 Å². The molecule has 4 aliphatic rings. The minimum atomic E-state index is -0.741. The third-order valence-corrected chi connectivity index (χ3v) is 8.48. The number of carbonyl (C=O) groups is 2. The summed E-state index contributed by atoms with van der Waals surface area (Å²) in [7, 11) is 0. The van der Waals surface area contributed by atoms with E-state index in [0.29, 0.717) is 25.7 Å². The van der Waals surface area contributed by atoms with Crippen LogP contribution in [0.1, 0.15) is 44.9 Å². The van der Waals surface area contributed by atoms with Crippen molar-refractivity contribution in [1.29, 1.82) is 0 Å². The van der Waals surface area contributed by atoms with Gasteiger partial charge < -0.3 is 20.4 Å². The van der Waals surface area contributed by atoms with Gasteiger partial charge in [0.2, 0.25) is 0 Å². The van der Waals surface area contributed by atoms with Gasteiger partial charge in [0, 0.05) is 29.8 Å². The lowest BCUT2D eigenvalue weighted by molar-refractivity contribution is -0.166. The van der Waals surface area contributed by atoms with Crippen LogP contribution < -0.4 is 0 Å². The second kappa shape index (κ2) is 6.76. The van der Waals surface area contributed by atoms with Gasteiger partial charge in [-0.2, -0.15) is 0 Å². The molecule has 6 nitrogen and oxygen atoms in total. The van der Waals surface area contributed by atoms with Crippen LogP contribution in [0, 0.1) is 34.5 Å². The molecule has 4 N–H and O–H groups in total. The summed E-state index contributed by atoms with van der Waals surface area (Å²) >= 11 is 0. The standard InChI is InChI=1S/C21H30O6/c22-9-18(27)16-4-3-15-14-2-1-12-7-13(25)5-6-20(12,10-23)19(14)17(26)8-21(15,16)11-24/h7,14-17,19,22-24,26H,1-6,8-11H2/t14-,15-,16+,17-,19+,20+,21+/m0/s1. The maximum atomic E-state index is 12.4. The van der Waals surface area contributed by atoms with Crippen molar-refractivity contribution in [2.45, 2.75) is 51.0 Å². The molecular weight excluding hydrogens is 348 g/mol. The topological polar surface area (TPSA) is 115 Å². The second-order valence-electron chi connectivity index (χ2n) is 9.20. The molecule has 0 aromatic heterocycles. The fourth-order valence-electron chi connectivity index (χ4n) is 7.44. The predicted octanol–water partition coefficient (Wildman–Crippen LogP) is 0.611. The van der Waals surface area contributed by atoms with Gasteiger partial charge in [-0.3, -0.25) is 9.59 Å². The van der Waals surface area contributed by atoms with Gasteiger partial charge in [-0.15, -0.1) is 0 Å². The molecule has 27 heavy (non-hydrogen) atoms. The Hall–Kier alpha value is -1.08. The van der Waals surface area contributed by atoms with Gasteiger partial charge in [-0.1, -0.05) is 5.57 Å². The van der Waals surface area contributed by atoms with Crippen LogP contribution in [0.25, 0.3) is 0 Å². The molecule has 7 atom stereocenters. The van der Waals surface area contributed by atoms with E-state index in [4.69, 9.17) is 0 Å². The molecule has 0 amide bonds. The Morgan fingerprint density at radius 1 is 1.11 bits per heavy atom. The van der Waals surface area contributed by atoms with Crippen LogP contribution in [0.3, 0.4) is 0 Å². The van der Waals surface area contributed by atoms with Crippen LogP contribution >= 0.6 is 0 Å². The Bertz CT molecular complexity index is 672. The largest absolute Gasteiger partial charge is 0.396 e. The smallest absolute Gasteiger partial charge is 0.161 e. The van der Waals surface area contributed by atoms with E-state index in [9.17, 15) is 30.0 Å². The SMILES string of the molecule is O=C1C=C2CC[C@@H]3[C@H]([C@@H](O)C[C@]4(CO)[C@@H](C(=O)CO)CC[C@@H]34)[C@@]2(CO)CC1. The lowest BCUT2D eigenvalue weighted by Gasteiger charge is -2.60. The second-order valence-corrected chi connectivity index (χ2v) is 9.20. The lowest BCUT2D eigenvalue weighted by atomic mass is 9.45. The fourth-order valence-corrected chi connectivity index (χ4v) is 7.44. The molecule has 150 valence electrons. The third-order valence-electron chi connectivity index (χ3n) is 8.48. The average Bonchev–Trinajstić information content (AvgIpc) is 3.06. The van der Waals surface area contributed by atoms with Crippen LogP contribution in [0.2, 0.25) is 0 Å². The Morgan fingerprint density at radius 2 is 1.89 bits per heavy atom. The van der Waals surface area contributed by atoms with Crippen molar-refractivity contribution >= 4 is 11.6 Å². The number of Topliss-reactive ketones (excluding diaryl/α,β-unsaturated/α-hetero) is 1. The van der Waals surface area contributed by atoms with Crippen LogP contribution in [0.15, 0.2) is 11.6 Å². The summed E-state index contributed by atoms with van der Waals surface area (Å²) in [4.78, 5) is 24.3. The van der Waals surface area contributed by atoms with E-state index < -0.39 is 29.5 Å². The predicted molar refractivity (Wildman–Crippen MR) is 96.5 cm³/mol. The molecule has 0 aliphatic heterocycles. The number of hydrogen-bond acceptors (Lipinski definition) is 6. The zero-order valence-corrected chi connectivity index (χ0v) is 15.6. The summed E-state index contributed by atoms with van der Waals surface area (Å²) in [6, 6.07) is 0. The number of aliphatic hydroxyl groups is 4. The van der Waals surface area contributed by atoms with E-state index in [2.05, 4.69) is 0 Å². The number of carbonyl (C=O) groups excluding carboxylic acids is 2. The normalized spacial score (nSPS) is 46.3. The van der Waals surface area contributed by atoms with Gasteiger partial charge in [0.05, 0.1) is 12.7 Å². The Kier molecular flexibility index (Phi) is 4.82. The highest BCUT2D eigenvalue weighted by Crippen LogP contribution is 2.66. The highest BCUT2D eigenvalue weighted by atomic mass is 16.3. The van der Waals surface area contributed by atoms with Crippen LogP contribution in [-0.4, -0.2) is 57.9 Å². The minimum absolute atomic E-state index is 0.0812. The highest BCUT2D eigenvalue weighted by molar-refractivity contribution is 5.91. The van der Waals surface area contributed by atoms with Gasteiger partial charge in [-0.25, -0.2) is 0 Å². The minimum Gasteiger partial charge on any atom is -0.396 e. The molecule has 0 aromatic rings. The first-order valence-corrected chi connectivity index (χ1v) is 10.2. The van der Waals surface area contributed by atoms with Crippen LogP contribution in [-0.2, 0) is 9.59 Å². The number of fused-ring (bicyclic) bond motifs is 5. The van der Waals surface area contributed by atoms with E-state index in [-0.39, 0.29) is 42.5 Å². The first-order chi connectivity index (χ1) is 12.9. The Morgan fingerprint density at radius 3 is 2.56 bits per heavy atom. The lowest BCUT2D eigenvalue weighted by Crippen LogP contribution is -2.60. The van der Waals surface area contributed by atoms with Crippen LogP contribution in [0.4, 0.5) is 0 Å². The summed E-state index contributed by atoms with van der Waals surface area (Å²) in [5.41, 5.74) is -0.265. The van der Waals surface area contributed by atoms with Gasteiger partial charge in [0.25, 0.3) is 0 Å². The van der Waals surface area contributed by atoms with E-state index in [0.717, 1.165) is 24.8 Å². The molecule has 0 spiro atoms. The van der Waals surface area contributed by atoms with Crippen molar-refractivity contribution in [3.05, 3.63) is 11.6 Å². The van der Waals surface area contributed by atoms with Crippen molar-refractivity contribution in [3.63, 3.8) is 0 Å². The molecule has 4 aliphatic carbocycles. The molecule has 4 rings (SSSR count). The Balaban J connectivity index is 1.75. The van der Waals surface area contributed by atoms with Gasteiger partial charge in [-0.05, 0) is 62.4 Å². The van der Waals surface area contributed by atoms with Gasteiger partial charge in [0.1, 0.15) is 6.61 Å². The number of aliphatic hydroxyl groups excluding tert-OH is 4. The molecule has 3 saturated carbocycles. The Labute approximate surface area is 159 Å². The van der Waals surface area contributed by atoms with Gasteiger partial charge in [0.15, 0.2) is 11.6 Å². The molecule has 0 aromatic carbocycles. The van der Waals surface area contributed by atoms with E-state index in [1.165, 1.54) is 0 Å². The average molecular weight is 378 g/mol. The van der Waals surface area contributed by atoms with E-state index in [1.807, 2.05) is 0 Å². The zero-order chi connectivity index (χ0) is 19.4. The summed E-state index contributed by atoms with van der Waals surface area (Å²) in [5, 5.41) is 41.3. The molecular formula is C21H30O6. The maximum absolute atomic E-state index is 12.4. The molecule has 0 unspecified atom stereocenters. The molecule has 0 saturated heterocycles. The first-order valence-electron chi connectivity index (χ1n) is 10.2. The fraction of sp³-hybridized carbons (Fsp3) is 0.810. The van der Waals surface area contributed by atoms with Crippen molar-refractivity contribution in [2.24, 2.45) is 34.5 Å². The molecule has 0 bridgehead atoms. The van der Waals surface area contributed by atoms with Gasteiger partial charge >= 0.3 is 0 Å². The number of ketones is 2. The highest BCUT2D eigenvalue weighted by Gasteiger charge is 2.65. The molecule has 6 heteroatoms. The quantitative estimate of drug-likeness (QED) is 0.570. The summed E-state index contributed by atoms with van der Waals surface area (Å²) in [6.45, 7) is -0.775. The van der Waals surface area contributed by atoms with Crippen molar-refractivity contribution in [1.82, 2.24) is 0 Å². The molecule has 3 fully saturated rings. The summed E-state index contributed by atoms with van der Waals surface area (Å²) < 4.78 is 0. The monoisotopic (exact) mass is 378 g/mol.